The molecule has 3 heteroatoms. The van der Waals surface area contributed by atoms with Gasteiger partial charge >= 0.3 is 0 Å². The van der Waals surface area contributed by atoms with E-state index in [4.69, 9.17) is 11.6 Å². The minimum Gasteiger partial charge on any atom is -0.364 e. The Labute approximate surface area is 156 Å². The van der Waals surface area contributed by atoms with Gasteiger partial charge in [-0.05, 0) is 87.6 Å². The van der Waals surface area contributed by atoms with E-state index in [0.29, 0.717) is 12.0 Å². The molecule has 1 atom stereocenters. The maximum absolute atomic E-state index is 5.93. The Kier molecular flexibility index (Phi) is 4.92. The molecule has 0 saturated heterocycles. The monoisotopic (exact) mass is 354 g/mol. The summed E-state index contributed by atoms with van der Waals surface area (Å²) >= 11 is 5.93. The van der Waals surface area contributed by atoms with Gasteiger partial charge in [0.05, 0.1) is 5.69 Å². The van der Waals surface area contributed by atoms with Gasteiger partial charge in [0.25, 0.3) is 0 Å². The average molecular weight is 355 g/mol. The van der Waals surface area contributed by atoms with E-state index in [1.165, 1.54) is 11.3 Å². The molecule has 2 aromatic carbocycles. The van der Waals surface area contributed by atoms with Crippen LogP contribution in [0.4, 0.5) is 11.4 Å². The number of hydrogen-bond donors (Lipinski definition) is 0. The minimum absolute atomic E-state index is 0.180. The predicted octanol–water partition coefficient (Wildman–Crippen LogP) is 6.59. The number of anilines is 1. The number of hydrogen-bond acceptors (Lipinski definition) is 2. The van der Waals surface area contributed by atoms with Crippen LogP contribution in [0.3, 0.4) is 0 Å². The molecule has 2 aromatic rings. The Morgan fingerprint density at radius 1 is 1.16 bits per heavy atom. The number of fused-ring (bicyclic) bond motifs is 1. The largest absolute Gasteiger partial charge is 0.364 e. The lowest BCUT2D eigenvalue weighted by atomic mass is 9.79. The van der Waals surface area contributed by atoms with E-state index in [-0.39, 0.29) is 5.54 Å². The van der Waals surface area contributed by atoms with Crippen molar-refractivity contribution in [2.24, 2.45) is 4.99 Å². The molecular formula is C22H27ClN2. The maximum Gasteiger partial charge on any atom is 0.0630 e. The van der Waals surface area contributed by atoms with Crippen molar-refractivity contribution in [2.75, 3.05) is 4.90 Å². The Morgan fingerprint density at radius 2 is 1.84 bits per heavy atom. The van der Waals surface area contributed by atoms with Gasteiger partial charge in [-0.25, -0.2) is 0 Å². The van der Waals surface area contributed by atoms with Gasteiger partial charge in [0.1, 0.15) is 0 Å². The first-order valence-corrected chi connectivity index (χ1v) is 9.38. The molecule has 132 valence electrons. The van der Waals surface area contributed by atoms with Gasteiger partial charge in [0.2, 0.25) is 0 Å². The number of benzene rings is 2. The van der Waals surface area contributed by atoms with Gasteiger partial charge < -0.3 is 4.90 Å². The Hall–Kier alpha value is -1.80. The lowest BCUT2D eigenvalue weighted by Gasteiger charge is -2.50. The summed E-state index contributed by atoms with van der Waals surface area (Å²) in [6.07, 6.45) is 3.10. The van der Waals surface area contributed by atoms with Crippen molar-refractivity contribution in [1.29, 1.82) is 0 Å². The van der Waals surface area contributed by atoms with Gasteiger partial charge in [0.15, 0.2) is 0 Å². The molecule has 0 bridgehead atoms. The van der Waals surface area contributed by atoms with Crippen molar-refractivity contribution >= 4 is 29.2 Å². The molecule has 0 saturated carbocycles. The lowest BCUT2D eigenvalue weighted by molar-refractivity contribution is 0.356. The van der Waals surface area contributed by atoms with Gasteiger partial charge in [-0.2, -0.15) is 0 Å². The smallest absolute Gasteiger partial charge is 0.0630 e. The molecule has 0 aliphatic carbocycles. The Balaban J connectivity index is 1.93. The zero-order chi connectivity index (χ0) is 18.2. The number of halogens is 1. The highest BCUT2D eigenvalue weighted by Gasteiger charge is 2.37. The summed E-state index contributed by atoms with van der Waals surface area (Å²) in [5.74, 6) is 0.545. The van der Waals surface area contributed by atoms with E-state index in [1.807, 2.05) is 30.5 Å². The van der Waals surface area contributed by atoms with E-state index < -0.39 is 0 Å². The van der Waals surface area contributed by atoms with Crippen LogP contribution in [0.1, 0.15) is 58.1 Å². The maximum atomic E-state index is 5.93. The molecule has 1 heterocycles. The molecule has 1 aliphatic rings. The van der Waals surface area contributed by atoms with Crippen molar-refractivity contribution in [2.45, 2.75) is 58.5 Å². The molecule has 0 aromatic heterocycles. The summed E-state index contributed by atoms with van der Waals surface area (Å²) in [5.41, 5.74) is 5.03. The van der Waals surface area contributed by atoms with Crippen molar-refractivity contribution in [3.05, 3.63) is 58.6 Å². The highest BCUT2D eigenvalue weighted by atomic mass is 35.5. The standard InChI is InChI=1S/C22H27ClN2/c1-15(2)25-21-11-6-17(12-20(21)16(3)13-22(25,4)5)14-24-19-9-7-18(23)8-10-19/h6-12,14-16H,13H2,1-5H3/t16-/m1/s1. The zero-order valence-corrected chi connectivity index (χ0v) is 16.5. The first-order valence-electron chi connectivity index (χ1n) is 9.01. The number of aliphatic imine (C=N–C) groups is 1. The van der Waals surface area contributed by atoms with E-state index in [2.05, 4.69) is 62.7 Å². The first-order chi connectivity index (χ1) is 11.8. The lowest BCUT2D eigenvalue weighted by Crippen LogP contribution is -2.51. The minimum atomic E-state index is 0.180. The third-order valence-corrected chi connectivity index (χ3v) is 5.26. The second-order valence-corrected chi connectivity index (χ2v) is 8.37. The van der Waals surface area contributed by atoms with Gasteiger partial charge in [-0.15, -0.1) is 0 Å². The fourth-order valence-electron chi connectivity index (χ4n) is 4.20. The topological polar surface area (TPSA) is 15.6 Å². The van der Waals surface area contributed by atoms with E-state index in [9.17, 15) is 0 Å². The summed E-state index contributed by atoms with van der Waals surface area (Å²) in [7, 11) is 0. The molecule has 3 rings (SSSR count). The normalized spacial score (nSPS) is 19.5. The third-order valence-electron chi connectivity index (χ3n) is 5.01. The van der Waals surface area contributed by atoms with Crippen LogP contribution in [0.5, 0.6) is 0 Å². The predicted molar refractivity (Wildman–Crippen MR) is 110 cm³/mol. The van der Waals surface area contributed by atoms with Gasteiger partial charge in [0, 0.05) is 28.5 Å². The summed E-state index contributed by atoms with van der Waals surface area (Å²) in [6.45, 7) is 11.6. The zero-order valence-electron chi connectivity index (χ0n) is 15.8. The summed E-state index contributed by atoms with van der Waals surface area (Å²) in [5, 5.41) is 0.734. The molecule has 0 amide bonds. The molecular weight excluding hydrogens is 328 g/mol. The fourth-order valence-corrected chi connectivity index (χ4v) is 4.33. The van der Waals surface area contributed by atoms with Crippen LogP contribution in [-0.4, -0.2) is 17.8 Å². The first kappa shape index (κ1) is 18.0. The van der Waals surface area contributed by atoms with E-state index in [1.54, 1.807) is 0 Å². The van der Waals surface area contributed by atoms with E-state index >= 15 is 0 Å². The van der Waals surface area contributed by atoms with Crippen LogP contribution in [0.2, 0.25) is 5.02 Å². The molecule has 0 N–H and O–H groups in total. The second kappa shape index (κ2) is 6.84. The molecule has 0 unspecified atom stereocenters. The molecule has 25 heavy (non-hydrogen) atoms. The van der Waals surface area contributed by atoms with Gasteiger partial charge in [-0.1, -0.05) is 24.6 Å². The van der Waals surface area contributed by atoms with Crippen LogP contribution in [-0.2, 0) is 0 Å². The summed E-state index contributed by atoms with van der Waals surface area (Å²) in [6, 6.07) is 14.8. The van der Waals surface area contributed by atoms with Crippen LogP contribution in [0.15, 0.2) is 47.5 Å². The van der Waals surface area contributed by atoms with Crippen molar-refractivity contribution in [3.8, 4) is 0 Å². The van der Waals surface area contributed by atoms with E-state index in [0.717, 1.165) is 22.7 Å². The summed E-state index contributed by atoms with van der Waals surface area (Å²) in [4.78, 5) is 7.14. The molecule has 0 radical (unpaired) electrons. The van der Waals surface area contributed by atoms with Crippen LogP contribution >= 0.6 is 11.6 Å². The highest BCUT2D eigenvalue weighted by Crippen LogP contribution is 2.44. The van der Waals surface area contributed by atoms with Crippen LogP contribution in [0.25, 0.3) is 0 Å². The summed E-state index contributed by atoms with van der Waals surface area (Å²) < 4.78 is 0. The third kappa shape index (κ3) is 3.74. The number of nitrogens with zero attached hydrogens (tertiary/aromatic N) is 2. The molecule has 0 fully saturated rings. The Bertz CT molecular complexity index is 775. The SMILES string of the molecule is CC(C)N1c2ccc(C=Nc3ccc(Cl)cc3)cc2[C@H](C)CC1(C)C. The van der Waals surface area contributed by atoms with Crippen molar-refractivity contribution in [1.82, 2.24) is 0 Å². The second-order valence-electron chi connectivity index (χ2n) is 7.93. The quantitative estimate of drug-likeness (QED) is 0.567. The average Bonchev–Trinajstić information content (AvgIpc) is 2.53. The fraction of sp³-hybridized carbons (Fsp3) is 0.409. The van der Waals surface area contributed by atoms with Crippen LogP contribution in [0, 0.1) is 0 Å². The Morgan fingerprint density at radius 3 is 2.48 bits per heavy atom. The molecule has 1 aliphatic heterocycles. The highest BCUT2D eigenvalue weighted by molar-refractivity contribution is 6.30. The van der Waals surface area contributed by atoms with Crippen molar-refractivity contribution in [3.63, 3.8) is 0 Å². The van der Waals surface area contributed by atoms with Crippen LogP contribution < -0.4 is 4.90 Å². The molecule has 2 nitrogen and oxygen atoms in total. The molecule has 0 spiro atoms. The number of rotatable bonds is 3. The van der Waals surface area contributed by atoms with Gasteiger partial charge in [-0.3, -0.25) is 4.99 Å². The van der Waals surface area contributed by atoms with Crippen molar-refractivity contribution < 1.29 is 0 Å².